The third kappa shape index (κ3) is 3.98. The van der Waals surface area contributed by atoms with Gasteiger partial charge in [-0.25, -0.2) is 0 Å². The van der Waals surface area contributed by atoms with Crippen LogP contribution in [0.3, 0.4) is 0 Å². The summed E-state index contributed by atoms with van der Waals surface area (Å²) < 4.78 is 5.28. The average Bonchev–Trinajstić information content (AvgIpc) is 3.12. The van der Waals surface area contributed by atoms with E-state index in [1.54, 1.807) is 7.11 Å². The van der Waals surface area contributed by atoms with Crippen LogP contribution in [0.1, 0.15) is 33.4 Å². The number of hydrogen-bond donors (Lipinski definition) is 0. The number of methoxy groups -OCH3 is 1. The Kier molecular flexibility index (Phi) is 5.11. The summed E-state index contributed by atoms with van der Waals surface area (Å²) in [5.41, 5.74) is 9.98. The molecule has 3 aromatic rings. The van der Waals surface area contributed by atoms with E-state index >= 15 is 0 Å². The highest BCUT2D eigenvalue weighted by atomic mass is 16.5. The number of aryl methyl sites for hydroxylation is 3. The van der Waals surface area contributed by atoms with Crippen molar-refractivity contribution in [3.05, 3.63) is 106 Å². The number of ether oxygens (including phenoxy) is 1. The fourth-order valence-electron chi connectivity index (χ4n) is 3.94. The van der Waals surface area contributed by atoms with Gasteiger partial charge in [0.1, 0.15) is 5.75 Å². The van der Waals surface area contributed by atoms with E-state index in [4.69, 9.17) is 4.74 Å². The second kappa shape index (κ2) is 7.84. The Bertz CT molecular complexity index is 947. The van der Waals surface area contributed by atoms with Gasteiger partial charge < -0.3 is 4.74 Å². The van der Waals surface area contributed by atoms with Crippen LogP contribution in [0.25, 0.3) is 5.57 Å². The Morgan fingerprint density at radius 2 is 1.56 bits per heavy atom. The SMILES string of the molecule is COc1ccc(CC2=CCc3cccc(CCc4ccc(C)cc4)c32)cc1. The lowest BCUT2D eigenvalue weighted by Gasteiger charge is -2.13. The fourth-order valence-corrected chi connectivity index (χ4v) is 3.94. The molecule has 0 aliphatic heterocycles. The van der Waals surface area contributed by atoms with Crippen LogP contribution in [-0.4, -0.2) is 7.11 Å². The predicted molar refractivity (Wildman–Crippen MR) is 113 cm³/mol. The number of fused-ring (bicyclic) bond motifs is 1. The largest absolute Gasteiger partial charge is 0.497 e. The topological polar surface area (TPSA) is 9.23 Å². The van der Waals surface area contributed by atoms with Crippen molar-refractivity contribution < 1.29 is 4.74 Å². The molecule has 0 atom stereocenters. The summed E-state index contributed by atoms with van der Waals surface area (Å²) in [5, 5.41) is 0. The van der Waals surface area contributed by atoms with E-state index in [2.05, 4.69) is 79.7 Å². The van der Waals surface area contributed by atoms with E-state index in [0.717, 1.165) is 31.4 Å². The zero-order chi connectivity index (χ0) is 18.6. The summed E-state index contributed by atoms with van der Waals surface area (Å²) in [7, 11) is 1.71. The Balaban J connectivity index is 1.53. The maximum atomic E-state index is 5.28. The molecule has 0 unspecified atom stereocenters. The predicted octanol–water partition coefficient (Wildman–Crippen LogP) is 5.97. The fraction of sp³-hybridized carbons (Fsp3) is 0.231. The first-order valence-electron chi connectivity index (χ1n) is 9.71. The molecule has 0 fully saturated rings. The van der Waals surface area contributed by atoms with Crippen molar-refractivity contribution >= 4 is 5.57 Å². The van der Waals surface area contributed by atoms with Crippen molar-refractivity contribution in [1.29, 1.82) is 0 Å². The van der Waals surface area contributed by atoms with E-state index in [1.807, 2.05) is 0 Å². The Morgan fingerprint density at radius 1 is 0.815 bits per heavy atom. The number of benzene rings is 3. The van der Waals surface area contributed by atoms with Crippen LogP contribution >= 0.6 is 0 Å². The highest BCUT2D eigenvalue weighted by Gasteiger charge is 2.18. The number of hydrogen-bond acceptors (Lipinski definition) is 1. The minimum Gasteiger partial charge on any atom is -0.497 e. The summed E-state index contributed by atoms with van der Waals surface area (Å²) in [5.74, 6) is 0.915. The quantitative estimate of drug-likeness (QED) is 0.530. The molecule has 1 aliphatic rings. The van der Waals surface area contributed by atoms with Gasteiger partial charge in [0.15, 0.2) is 0 Å². The smallest absolute Gasteiger partial charge is 0.118 e. The van der Waals surface area contributed by atoms with Crippen molar-refractivity contribution in [2.24, 2.45) is 0 Å². The molecule has 0 bridgehead atoms. The molecule has 0 spiro atoms. The molecule has 0 N–H and O–H groups in total. The van der Waals surface area contributed by atoms with Crippen molar-refractivity contribution in [3.63, 3.8) is 0 Å². The molecule has 0 saturated heterocycles. The minimum atomic E-state index is 0.915. The zero-order valence-corrected chi connectivity index (χ0v) is 16.2. The molecule has 1 aliphatic carbocycles. The summed E-state index contributed by atoms with van der Waals surface area (Å²) in [6.45, 7) is 2.14. The highest BCUT2D eigenvalue weighted by molar-refractivity contribution is 5.77. The lowest BCUT2D eigenvalue weighted by Crippen LogP contribution is -1.99. The standard InChI is InChI=1S/C26H26O/c1-19-6-8-20(9-7-19)10-13-22-4-3-5-23-14-15-24(26(22)23)18-21-11-16-25(27-2)17-12-21/h3-9,11-12,15-17H,10,13-14,18H2,1-2H3. The van der Waals surface area contributed by atoms with Gasteiger partial charge in [-0.2, -0.15) is 0 Å². The normalized spacial score (nSPS) is 12.6. The Hall–Kier alpha value is -2.80. The Morgan fingerprint density at radius 3 is 2.30 bits per heavy atom. The average molecular weight is 354 g/mol. The minimum absolute atomic E-state index is 0.915. The van der Waals surface area contributed by atoms with Gasteiger partial charge >= 0.3 is 0 Å². The van der Waals surface area contributed by atoms with Crippen LogP contribution in [0, 0.1) is 6.92 Å². The molecule has 0 radical (unpaired) electrons. The Labute approximate surface area is 162 Å². The van der Waals surface area contributed by atoms with Gasteiger partial charge in [0.25, 0.3) is 0 Å². The molecule has 3 aromatic carbocycles. The van der Waals surface area contributed by atoms with Crippen LogP contribution in [0.5, 0.6) is 5.75 Å². The third-order valence-corrected chi connectivity index (χ3v) is 5.48. The molecule has 136 valence electrons. The molecule has 0 heterocycles. The van der Waals surface area contributed by atoms with Crippen molar-refractivity contribution in [3.8, 4) is 5.75 Å². The number of allylic oxidation sites excluding steroid dienone is 2. The molecule has 4 rings (SSSR count). The van der Waals surface area contributed by atoms with Crippen LogP contribution < -0.4 is 4.74 Å². The van der Waals surface area contributed by atoms with Crippen molar-refractivity contribution in [1.82, 2.24) is 0 Å². The molecule has 27 heavy (non-hydrogen) atoms. The van der Waals surface area contributed by atoms with E-state index in [1.165, 1.54) is 39.0 Å². The lowest BCUT2D eigenvalue weighted by molar-refractivity contribution is 0.414. The molecule has 0 amide bonds. The highest BCUT2D eigenvalue weighted by Crippen LogP contribution is 2.34. The van der Waals surface area contributed by atoms with Gasteiger partial charge in [-0.05, 0) is 78.1 Å². The van der Waals surface area contributed by atoms with Gasteiger partial charge in [0, 0.05) is 0 Å². The van der Waals surface area contributed by atoms with Crippen LogP contribution in [-0.2, 0) is 25.7 Å². The second-order valence-electron chi connectivity index (χ2n) is 7.40. The second-order valence-corrected chi connectivity index (χ2v) is 7.40. The summed E-state index contributed by atoms with van der Waals surface area (Å²) in [4.78, 5) is 0. The van der Waals surface area contributed by atoms with Crippen LogP contribution in [0.15, 0.2) is 72.8 Å². The summed E-state index contributed by atoms with van der Waals surface area (Å²) in [6.07, 6.45) is 6.63. The molecular formula is C26H26O. The molecule has 1 heteroatoms. The van der Waals surface area contributed by atoms with Gasteiger partial charge in [0.05, 0.1) is 7.11 Å². The van der Waals surface area contributed by atoms with Gasteiger partial charge in [0.2, 0.25) is 0 Å². The van der Waals surface area contributed by atoms with E-state index in [0.29, 0.717) is 0 Å². The molecule has 0 saturated carbocycles. The first kappa shape index (κ1) is 17.6. The van der Waals surface area contributed by atoms with Crippen molar-refractivity contribution in [2.75, 3.05) is 7.11 Å². The van der Waals surface area contributed by atoms with E-state index in [-0.39, 0.29) is 0 Å². The van der Waals surface area contributed by atoms with Crippen LogP contribution in [0.4, 0.5) is 0 Å². The first-order valence-corrected chi connectivity index (χ1v) is 9.71. The number of rotatable bonds is 6. The monoisotopic (exact) mass is 354 g/mol. The zero-order valence-electron chi connectivity index (χ0n) is 16.2. The first-order chi connectivity index (χ1) is 13.2. The van der Waals surface area contributed by atoms with E-state index in [9.17, 15) is 0 Å². The van der Waals surface area contributed by atoms with Gasteiger partial charge in [-0.15, -0.1) is 0 Å². The maximum absolute atomic E-state index is 5.28. The third-order valence-electron chi connectivity index (χ3n) is 5.48. The van der Waals surface area contributed by atoms with Crippen LogP contribution in [0.2, 0.25) is 0 Å². The van der Waals surface area contributed by atoms with Gasteiger partial charge in [-0.1, -0.05) is 66.2 Å². The molecule has 1 nitrogen and oxygen atoms in total. The summed E-state index contributed by atoms with van der Waals surface area (Å²) >= 11 is 0. The maximum Gasteiger partial charge on any atom is 0.118 e. The van der Waals surface area contributed by atoms with E-state index < -0.39 is 0 Å². The lowest BCUT2D eigenvalue weighted by atomic mass is 9.91. The summed E-state index contributed by atoms with van der Waals surface area (Å²) in [6, 6.07) is 24.2. The molecular weight excluding hydrogens is 328 g/mol. The van der Waals surface area contributed by atoms with Crippen molar-refractivity contribution in [2.45, 2.75) is 32.6 Å². The molecule has 0 aromatic heterocycles. The van der Waals surface area contributed by atoms with Gasteiger partial charge in [-0.3, -0.25) is 0 Å².